The summed E-state index contributed by atoms with van der Waals surface area (Å²) >= 11 is 0. The summed E-state index contributed by atoms with van der Waals surface area (Å²) < 4.78 is 31.3. The normalized spacial score (nSPS) is 18.3. The van der Waals surface area contributed by atoms with E-state index in [9.17, 15) is 18.2 Å². The summed E-state index contributed by atoms with van der Waals surface area (Å²) in [6.07, 6.45) is 7.63. The molecule has 1 aliphatic rings. The maximum absolute atomic E-state index is 11.7. The summed E-state index contributed by atoms with van der Waals surface area (Å²) in [5, 5.41) is 16.0. The van der Waals surface area contributed by atoms with Gasteiger partial charge in [-0.25, -0.2) is 4.98 Å². The Morgan fingerprint density at radius 1 is 1.07 bits per heavy atom. The summed E-state index contributed by atoms with van der Waals surface area (Å²) in [6, 6.07) is 11.6. The van der Waals surface area contributed by atoms with E-state index in [4.69, 9.17) is 0 Å². The van der Waals surface area contributed by atoms with Crippen LogP contribution in [-0.2, 0) is 10.1 Å². The first kappa shape index (κ1) is 21.3. The van der Waals surface area contributed by atoms with Gasteiger partial charge in [-0.1, -0.05) is 36.4 Å². The van der Waals surface area contributed by atoms with Crippen LogP contribution in [0.25, 0.3) is 0 Å². The third kappa shape index (κ3) is 4.27. The first-order chi connectivity index (χ1) is 14.1. The fourth-order valence-corrected chi connectivity index (χ4v) is 3.39. The number of hydrogen-bond acceptors (Lipinski definition) is 6. The van der Waals surface area contributed by atoms with Gasteiger partial charge in [0, 0.05) is 11.4 Å². The maximum Gasteiger partial charge on any atom is 0.277 e. The number of nitriles is 1. The molecule has 0 saturated heterocycles. The number of nitrogens with one attached hydrogen (secondary N) is 2. The number of para-hydroxylation sites is 1. The lowest BCUT2D eigenvalue weighted by molar-refractivity contribution is 0.466. The number of benzene rings is 1. The van der Waals surface area contributed by atoms with Gasteiger partial charge in [-0.05, 0) is 56.2 Å². The third-order valence-electron chi connectivity index (χ3n) is 5.02. The van der Waals surface area contributed by atoms with E-state index in [0.717, 1.165) is 16.8 Å². The molecule has 1 heterocycles. The van der Waals surface area contributed by atoms with Crippen LogP contribution in [0.3, 0.4) is 0 Å². The Balaban J connectivity index is 1.97. The highest BCUT2D eigenvalue weighted by Crippen LogP contribution is 2.29. The van der Waals surface area contributed by atoms with E-state index in [2.05, 4.69) is 21.7 Å². The van der Waals surface area contributed by atoms with E-state index in [1.54, 1.807) is 18.2 Å². The van der Waals surface area contributed by atoms with Gasteiger partial charge in [0.25, 0.3) is 10.1 Å². The Labute approximate surface area is 176 Å². The van der Waals surface area contributed by atoms with Gasteiger partial charge < -0.3 is 10.6 Å². The number of nitrogens with zero attached hydrogens (tertiary/aromatic N) is 2. The minimum Gasteiger partial charge on any atom is -0.340 e. The van der Waals surface area contributed by atoms with Gasteiger partial charge in [0.05, 0.1) is 5.56 Å². The molecule has 8 heteroatoms. The van der Waals surface area contributed by atoms with Crippen LogP contribution in [0.4, 0.5) is 17.3 Å². The van der Waals surface area contributed by atoms with Crippen molar-refractivity contribution in [2.45, 2.75) is 25.5 Å². The molecule has 0 aliphatic heterocycles. The largest absolute Gasteiger partial charge is 0.340 e. The van der Waals surface area contributed by atoms with Gasteiger partial charge in [-0.15, -0.1) is 0 Å². The van der Waals surface area contributed by atoms with E-state index in [0.29, 0.717) is 22.9 Å². The molecule has 1 unspecified atom stereocenters. The highest BCUT2D eigenvalue weighted by Gasteiger charge is 2.33. The predicted octanol–water partition coefficient (Wildman–Crippen LogP) is 4.38. The van der Waals surface area contributed by atoms with Crippen molar-refractivity contribution in [2.75, 3.05) is 10.6 Å². The van der Waals surface area contributed by atoms with Gasteiger partial charge in [-0.3, -0.25) is 4.55 Å². The Hall–Kier alpha value is -3.41. The first-order valence-electron chi connectivity index (χ1n) is 9.21. The van der Waals surface area contributed by atoms with Gasteiger partial charge in [0.15, 0.2) is 5.82 Å². The maximum atomic E-state index is 11.7. The van der Waals surface area contributed by atoms with E-state index in [1.807, 2.05) is 44.2 Å². The number of rotatable bonds is 5. The van der Waals surface area contributed by atoms with Gasteiger partial charge >= 0.3 is 0 Å². The summed E-state index contributed by atoms with van der Waals surface area (Å²) in [5.41, 5.74) is 3.42. The third-order valence-corrected chi connectivity index (χ3v) is 6.40. The van der Waals surface area contributed by atoms with Crippen molar-refractivity contribution < 1.29 is 13.0 Å². The second-order valence-corrected chi connectivity index (χ2v) is 8.96. The van der Waals surface area contributed by atoms with Crippen LogP contribution >= 0.6 is 0 Å². The standard InChI is InChI=1S/C22H22N4O3S/c1-15-16(2)20(24-18-10-7-12-22(3,13-11-18)30(27,28)29)26-21(19(15)14-23)25-17-8-5-4-6-9-17/h4-13H,1-3H3,(H2,24,25,26)(H,27,28,29). The molecule has 1 atom stereocenters. The van der Waals surface area contributed by atoms with Crippen molar-refractivity contribution in [1.29, 1.82) is 5.26 Å². The molecule has 0 amide bonds. The van der Waals surface area contributed by atoms with Crippen molar-refractivity contribution in [2.24, 2.45) is 0 Å². The second-order valence-electron chi connectivity index (χ2n) is 7.14. The molecular formula is C22H22N4O3S. The average Bonchev–Trinajstić information content (AvgIpc) is 2.89. The van der Waals surface area contributed by atoms with Crippen molar-refractivity contribution in [3.63, 3.8) is 0 Å². The van der Waals surface area contributed by atoms with Crippen LogP contribution in [0.5, 0.6) is 0 Å². The van der Waals surface area contributed by atoms with Crippen molar-refractivity contribution in [1.82, 2.24) is 4.98 Å². The van der Waals surface area contributed by atoms with Crippen molar-refractivity contribution >= 4 is 27.4 Å². The van der Waals surface area contributed by atoms with Crippen LogP contribution in [0.2, 0.25) is 0 Å². The molecule has 1 aromatic heterocycles. The van der Waals surface area contributed by atoms with Crippen LogP contribution in [0, 0.1) is 25.2 Å². The number of anilines is 3. The molecule has 2 aromatic rings. The van der Waals surface area contributed by atoms with E-state index in [1.165, 1.54) is 19.1 Å². The second kappa shape index (κ2) is 8.14. The van der Waals surface area contributed by atoms with Crippen LogP contribution in [0.1, 0.15) is 23.6 Å². The fraction of sp³-hybridized carbons (Fsp3) is 0.182. The number of hydrogen-bond donors (Lipinski definition) is 3. The van der Waals surface area contributed by atoms with Crippen molar-refractivity contribution in [3.05, 3.63) is 83.1 Å². The topological polar surface area (TPSA) is 115 Å². The lowest BCUT2D eigenvalue weighted by atomic mass is 10.1. The minimum absolute atomic E-state index is 0.422. The smallest absolute Gasteiger partial charge is 0.277 e. The zero-order chi connectivity index (χ0) is 21.9. The molecule has 0 spiro atoms. The molecule has 154 valence electrons. The van der Waals surface area contributed by atoms with Crippen LogP contribution in [-0.4, -0.2) is 22.7 Å². The number of allylic oxidation sites excluding steroid dienone is 3. The Morgan fingerprint density at radius 3 is 2.40 bits per heavy atom. The Morgan fingerprint density at radius 2 is 1.77 bits per heavy atom. The highest BCUT2D eigenvalue weighted by atomic mass is 32.2. The average molecular weight is 423 g/mol. The number of pyridine rings is 1. The molecule has 0 fully saturated rings. The highest BCUT2D eigenvalue weighted by molar-refractivity contribution is 7.87. The molecule has 1 aliphatic carbocycles. The van der Waals surface area contributed by atoms with E-state index in [-0.39, 0.29) is 0 Å². The van der Waals surface area contributed by atoms with E-state index >= 15 is 0 Å². The molecule has 3 N–H and O–H groups in total. The van der Waals surface area contributed by atoms with Crippen molar-refractivity contribution in [3.8, 4) is 6.07 Å². The Kier molecular flexibility index (Phi) is 5.78. The lowest BCUT2D eigenvalue weighted by Crippen LogP contribution is -2.30. The van der Waals surface area contributed by atoms with Crippen LogP contribution < -0.4 is 10.6 Å². The van der Waals surface area contributed by atoms with Crippen LogP contribution in [0.15, 0.2) is 66.4 Å². The molecule has 1 aromatic carbocycles. The molecule has 30 heavy (non-hydrogen) atoms. The quantitative estimate of drug-likeness (QED) is 0.612. The molecule has 0 bridgehead atoms. The van der Waals surface area contributed by atoms with Gasteiger partial charge in [0.2, 0.25) is 0 Å². The first-order valence-corrected chi connectivity index (χ1v) is 10.6. The monoisotopic (exact) mass is 422 g/mol. The molecule has 3 rings (SSSR count). The molecular weight excluding hydrogens is 400 g/mol. The van der Waals surface area contributed by atoms with Gasteiger partial charge in [0.1, 0.15) is 16.6 Å². The summed E-state index contributed by atoms with van der Waals surface area (Å²) in [6.45, 7) is 5.11. The molecule has 0 radical (unpaired) electrons. The zero-order valence-corrected chi connectivity index (χ0v) is 17.7. The lowest BCUT2D eigenvalue weighted by Gasteiger charge is -2.17. The minimum atomic E-state index is -4.31. The molecule has 7 nitrogen and oxygen atoms in total. The number of aromatic nitrogens is 1. The zero-order valence-electron chi connectivity index (χ0n) is 16.8. The summed E-state index contributed by atoms with van der Waals surface area (Å²) in [5.74, 6) is 0.954. The SMILES string of the molecule is Cc1c(NC2=CC=CC(C)(S(=O)(=O)O)C=C2)nc(Nc2ccccc2)c(C#N)c1C. The summed E-state index contributed by atoms with van der Waals surface area (Å²) in [4.78, 5) is 4.60. The fourth-order valence-electron chi connectivity index (χ4n) is 2.90. The predicted molar refractivity (Wildman–Crippen MR) is 118 cm³/mol. The Bertz CT molecular complexity index is 1210. The molecule has 0 saturated carbocycles. The van der Waals surface area contributed by atoms with E-state index < -0.39 is 14.9 Å². The summed E-state index contributed by atoms with van der Waals surface area (Å²) in [7, 11) is -4.31. The van der Waals surface area contributed by atoms with Gasteiger partial charge in [-0.2, -0.15) is 13.7 Å².